The first kappa shape index (κ1) is 16.3. The Bertz CT molecular complexity index is 869. The molecule has 0 unspecified atom stereocenters. The number of carbonyl (C=O) groups is 1. The second-order valence-corrected chi connectivity index (χ2v) is 5.89. The van der Waals surface area contributed by atoms with Crippen molar-refractivity contribution in [3.63, 3.8) is 0 Å². The fourth-order valence-electron chi connectivity index (χ4n) is 2.26. The minimum Gasteiger partial charge on any atom is -0.487 e. The summed E-state index contributed by atoms with van der Waals surface area (Å²) in [6.45, 7) is 4.00. The zero-order valence-corrected chi connectivity index (χ0v) is 14.1. The lowest BCUT2D eigenvalue weighted by Gasteiger charge is -2.06. The summed E-state index contributed by atoms with van der Waals surface area (Å²) in [5.74, 6) is 1.85. The Hall–Kier alpha value is -2.59. The van der Waals surface area contributed by atoms with E-state index in [-0.39, 0.29) is 6.61 Å². The number of oxazole rings is 1. The highest BCUT2D eigenvalue weighted by atomic mass is 35.5. The third-order valence-electron chi connectivity index (χ3n) is 3.74. The number of nitrogens with zero attached hydrogens (tertiary/aromatic N) is 1. The number of carbonyl (C=O) groups excluding carboxylic acids is 1. The van der Waals surface area contributed by atoms with Gasteiger partial charge in [0.1, 0.15) is 30.1 Å². The Morgan fingerprint density at radius 3 is 2.62 bits per heavy atom. The summed E-state index contributed by atoms with van der Waals surface area (Å²) < 4.78 is 11.4. The molecular formula is C19H16ClNO3. The number of hydrogen-bond donors (Lipinski definition) is 0. The normalized spacial score (nSPS) is 10.6. The second-order valence-electron chi connectivity index (χ2n) is 5.45. The molecule has 24 heavy (non-hydrogen) atoms. The first-order chi connectivity index (χ1) is 11.6. The van der Waals surface area contributed by atoms with Gasteiger partial charge in [0.15, 0.2) is 0 Å². The average molecular weight is 342 g/mol. The standard InChI is InChI=1S/C19H16ClNO3/c1-12-3-8-17(9-15(12)10-22)23-11-18-13(2)24-19(21-18)14-4-6-16(20)7-5-14/h3-10H,11H2,1-2H3. The van der Waals surface area contributed by atoms with Crippen molar-refractivity contribution < 1.29 is 13.9 Å². The predicted octanol–water partition coefficient (Wildman–Crippen LogP) is 5.00. The number of hydrogen-bond acceptors (Lipinski definition) is 4. The molecule has 1 heterocycles. The first-order valence-corrected chi connectivity index (χ1v) is 7.85. The fourth-order valence-corrected chi connectivity index (χ4v) is 2.39. The Morgan fingerprint density at radius 2 is 1.92 bits per heavy atom. The molecule has 0 amide bonds. The number of aryl methyl sites for hydroxylation is 2. The van der Waals surface area contributed by atoms with E-state index in [1.807, 2.05) is 38.1 Å². The van der Waals surface area contributed by atoms with Crippen molar-refractivity contribution in [2.45, 2.75) is 20.5 Å². The SMILES string of the molecule is Cc1ccc(OCc2nc(-c3ccc(Cl)cc3)oc2C)cc1C=O. The van der Waals surface area contributed by atoms with Gasteiger partial charge in [0.05, 0.1) is 0 Å². The average Bonchev–Trinajstić information content (AvgIpc) is 2.95. The molecule has 0 atom stereocenters. The molecule has 3 rings (SSSR count). The number of rotatable bonds is 5. The van der Waals surface area contributed by atoms with Crippen molar-refractivity contribution in [3.05, 3.63) is 70.1 Å². The fraction of sp³-hybridized carbons (Fsp3) is 0.158. The molecule has 0 spiro atoms. The zero-order chi connectivity index (χ0) is 17.1. The minimum absolute atomic E-state index is 0.268. The van der Waals surface area contributed by atoms with E-state index in [0.717, 1.165) is 17.4 Å². The number of benzene rings is 2. The van der Waals surface area contributed by atoms with Crippen LogP contribution < -0.4 is 4.74 Å². The number of aromatic nitrogens is 1. The van der Waals surface area contributed by atoms with Gasteiger partial charge in [0, 0.05) is 16.1 Å². The lowest BCUT2D eigenvalue weighted by atomic mass is 10.1. The van der Waals surface area contributed by atoms with Gasteiger partial charge in [-0.2, -0.15) is 0 Å². The molecule has 0 aliphatic rings. The van der Waals surface area contributed by atoms with Gasteiger partial charge in [-0.15, -0.1) is 0 Å². The van der Waals surface area contributed by atoms with Crippen LogP contribution in [0.5, 0.6) is 5.75 Å². The van der Waals surface area contributed by atoms with Gasteiger partial charge < -0.3 is 9.15 Å². The largest absolute Gasteiger partial charge is 0.487 e. The lowest BCUT2D eigenvalue weighted by molar-refractivity contribution is 0.112. The molecule has 0 aliphatic heterocycles. The van der Waals surface area contributed by atoms with E-state index >= 15 is 0 Å². The van der Waals surface area contributed by atoms with E-state index in [1.54, 1.807) is 18.2 Å². The van der Waals surface area contributed by atoms with Gasteiger partial charge in [0.2, 0.25) is 5.89 Å². The van der Waals surface area contributed by atoms with E-state index in [2.05, 4.69) is 4.98 Å². The molecule has 4 nitrogen and oxygen atoms in total. The Balaban J connectivity index is 1.76. The molecule has 3 aromatic rings. The highest BCUT2D eigenvalue weighted by Gasteiger charge is 2.12. The van der Waals surface area contributed by atoms with Crippen molar-refractivity contribution in [3.8, 4) is 17.2 Å². The number of aldehydes is 1. The third-order valence-corrected chi connectivity index (χ3v) is 3.99. The second kappa shape index (κ2) is 6.89. The third kappa shape index (κ3) is 3.49. The molecule has 0 aliphatic carbocycles. The summed E-state index contributed by atoms with van der Waals surface area (Å²) in [4.78, 5) is 15.5. The molecule has 0 saturated heterocycles. The molecule has 2 aromatic carbocycles. The Morgan fingerprint density at radius 1 is 1.17 bits per heavy atom. The summed E-state index contributed by atoms with van der Waals surface area (Å²) in [5, 5.41) is 0.663. The molecule has 5 heteroatoms. The van der Waals surface area contributed by atoms with Crippen LogP contribution in [0.2, 0.25) is 5.02 Å². The first-order valence-electron chi connectivity index (χ1n) is 7.47. The van der Waals surface area contributed by atoms with Crippen molar-refractivity contribution in [1.82, 2.24) is 4.98 Å². The van der Waals surface area contributed by atoms with Crippen LogP contribution in [-0.2, 0) is 6.61 Å². The molecule has 0 N–H and O–H groups in total. The van der Waals surface area contributed by atoms with Gasteiger partial charge in [-0.25, -0.2) is 4.98 Å². The summed E-state index contributed by atoms with van der Waals surface area (Å²) in [6, 6.07) is 12.7. The van der Waals surface area contributed by atoms with Crippen molar-refractivity contribution >= 4 is 17.9 Å². The molecule has 0 radical (unpaired) electrons. The van der Waals surface area contributed by atoms with E-state index in [4.69, 9.17) is 20.8 Å². The molecule has 1 aromatic heterocycles. The maximum atomic E-state index is 11.0. The van der Waals surface area contributed by atoms with Crippen LogP contribution in [0, 0.1) is 13.8 Å². The maximum Gasteiger partial charge on any atom is 0.226 e. The molecular weight excluding hydrogens is 326 g/mol. The van der Waals surface area contributed by atoms with Crippen LogP contribution in [0.3, 0.4) is 0 Å². The maximum absolute atomic E-state index is 11.0. The van der Waals surface area contributed by atoms with Crippen LogP contribution >= 0.6 is 11.6 Å². The van der Waals surface area contributed by atoms with E-state index < -0.39 is 0 Å². The lowest BCUT2D eigenvalue weighted by Crippen LogP contribution is -1.98. The van der Waals surface area contributed by atoms with Gasteiger partial charge in [-0.05, 0) is 55.8 Å². The monoisotopic (exact) mass is 341 g/mol. The summed E-state index contributed by atoms with van der Waals surface area (Å²) in [7, 11) is 0. The van der Waals surface area contributed by atoms with Gasteiger partial charge in [0.25, 0.3) is 0 Å². The van der Waals surface area contributed by atoms with Crippen LogP contribution in [0.25, 0.3) is 11.5 Å². The number of ether oxygens (including phenoxy) is 1. The number of halogens is 1. The van der Waals surface area contributed by atoms with Gasteiger partial charge in [-0.1, -0.05) is 17.7 Å². The van der Waals surface area contributed by atoms with Gasteiger partial charge in [-0.3, -0.25) is 4.79 Å². The zero-order valence-electron chi connectivity index (χ0n) is 13.4. The quantitative estimate of drug-likeness (QED) is 0.612. The van der Waals surface area contributed by atoms with Crippen LogP contribution in [-0.4, -0.2) is 11.3 Å². The predicted molar refractivity (Wildman–Crippen MR) is 92.6 cm³/mol. The molecule has 0 bridgehead atoms. The van der Waals surface area contributed by atoms with Crippen molar-refractivity contribution in [1.29, 1.82) is 0 Å². The minimum atomic E-state index is 0.268. The highest BCUT2D eigenvalue weighted by molar-refractivity contribution is 6.30. The molecule has 0 saturated carbocycles. The van der Waals surface area contributed by atoms with Crippen LogP contribution in [0.1, 0.15) is 27.4 Å². The summed E-state index contributed by atoms with van der Waals surface area (Å²) in [5.41, 5.74) is 3.10. The van der Waals surface area contributed by atoms with Gasteiger partial charge >= 0.3 is 0 Å². The Kier molecular flexibility index (Phi) is 4.67. The smallest absolute Gasteiger partial charge is 0.226 e. The van der Waals surface area contributed by atoms with E-state index in [0.29, 0.717) is 33.7 Å². The van der Waals surface area contributed by atoms with Crippen molar-refractivity contribution in [2.75, 3.05) is 0 Å². The summed E-state index contributed by atoms with van der Waals surface area (Å²) >= 11 is 5.89. The highest BCUT2D eigenvalue weighted by Crippen LogP contribution is 2.24. The van der Waals surface area contributed by atoms with E-state index in [1.165, 1.54) is 0 Å². The summed E-state index contributed by atoms with van der Waals surface area (Å²) in [6.07, 6.45) is 0.822. The van der Waals surface area contributed by atoms with Crippen LogP contribution in [0.4, 0.5) is 0 Å². The van der Waals surface area contributed by atoms with Crippen LogP contribution in [0.15, 0.2) is 46.9 Å². The topological polar surface area (TPSA) is 52.3 Å². The Labute approximate surface area is 145 Å². The molecule has 122 valence electrons. The van der Waals surface area contributed by atoms with E-state index in [9.17, 15) is 4.79 Å². The molecule has 0 fully saturated rings. The van der Waals surface area contributed by atoms with Crippen molar-refractivity contribution in [2.24, 2.45) is 0 Å².